The molecule has 0 saturated heterocycles. The van der Waals surface area contributed by atoms with Crippen LogP contribution >= 0.6 is 27.5 Å². The number of benzene rings is 1. The van der Waals surface area contributed by atoms with Crippen molar-refractivity contribution in [2.45, 2.75) is 20.4 Å². The molecule has 1 amide bonds. The molecule has 0 radical (unpaired) electrons. The van der Waals surface area contributed by atoms with Crippen molar-refractivity contribution in [3.8, 4) is 0 Å². The normalized spacial score (nSPS) is 17.6. The summed E-state index contributed by atoms with van der Waals surface area (Å²) in [6.07, 6.45) is 5.87. The number of amides is 1. The van der Waals surface area contributed by atoms with Crippen LogP contribution in [-0.4, -0.2) is 22.0 Å². The SMILES string of the molecule is C/C(C=O)=C1\C(=O)N(Cc2cccc(Cl)c2)C=CN1/C=C(\C)Br. The number of aldehydes is 1. The van der Waals surface area contributed by atoms with Crippen LogP contribution in [0.5, 0.6) is 0 Å². The second-order valence-electron chi connectivity index (χ2n) is 5.13. The van der Waals surface area contributed by atoms with Crippen molar-refractivity contribution in [1.29, 1.82) is 0 Å². The van der Waals surface area contributed by atoms with Crippen molar-refractivity contribution >= 4 is 39.7 Å². The molecule has 0 fully saturated rings. The molecule has 1 aromatic rings. The van der Waals surface area contributed by atoms with Gasteiger partial charge in [0, 0.05) is 33.7 Å². The Balaban J connectivity index is 2.36. The second kappa shape index (κ2) is 7.62. The van der Waals surface area contributed by atoms with E-state index in [1.54, 1.807) is 41.4 Å². The fourth-order valence-corrected chi connectivity index (χ4v) is 2.66. The molecule has 6 heteroatoms. The van der Waals surface area contributed by atoms with E-state index in [1.165, 1.54) is 0 Å². The third-order valence-corrected chi connectivity index (χ3v) is 3.68. The summed E-state index contributed by atoms with van der Waals surface area (Å²) in [6, 6.07) is 7.34. The lowest BCUT2D eigenvalue weighted by molar-refractivity contribution is -0.127. The monoisotopic (exact) mass is 394 g/mol. The Hall–Kier alpha value is -1.85. The smallest absolute Gasteiger partial charge is 0.275 e. The van der Waals surface area contributed by atoms with E-state index in [0.29, 0.717) is 29.1 Å². The van der Waals surface area contributed by atoms with Gasteiger partial charge in [-0.1, -0.05) is 39.7 Å². The van der Waals surface area contributed by atoms with Crippen LogP contribution < -0.4 is 0 Å². The van der Waals surface area contributed by atoms with Gasteiger partial charge < -0.3 is 9.80 Å². The molecule has 0 bridgehead atoms. The largest absolute Gasteiger partial charge is 0.317 e. The molecule has 1 aliphatic heterocycles. The standard InChI is InChI=1S/C17H16BrClN2O2/c1-12(11-22)16-17(23)21(7-6-20(16)9-13(2)18)10-14-4-3-5-15(19)8-14/h3-9,11H,10H2,1-2H3/b13-9+,16-12-. The first kappa shape index (κ1) is 17.5. The van der Waals surface area contributed by atoms with Crippen molar-refractivity contribution in [3.05, 3.63) is 69.2 Å². The highest BCUT2D eigenvalue weighted by Crippen LogP contribution is 2.23. The third-order valence-electron chi connectivity index (χ3n) is 3.24. The zero-order chi connectivity index (χ0) is 17.0. The van der Waals surface area contributed by atoms with Crippen LogP contribution in [0.3, 0.4) is 0 Å². The molecule has 4 nitrogen and oxygen atoms in total. The maximum Gasteiger partial charge on any atom is 0.275 e. The Labute approximate surface area is 148 Å². The molecular weight excluding hydrogens is 380 g/mol. The first-order valence-corrected chi connectivity index (χ1v) is 8.11. The van der Waals surface area contributed by atoms with E-state index in [1.807, 2.05) is 25.1 Å². The molecule has 2 rings (SSSR count). The summed E-state index contributed by atoms with van der Waals surface area (Å²) in [5.74, 6) is -0.234. The van der Waals surface area contributed by atoms with Crippen molar-refractivity contribution in [2.24, 2.45) is 0 Å². The molecule has 1 aliphatic rings. The molecule has 1 heterocycles. The molecule has 0 saturated carbocycles. The van der Waals surface area contributed by atoms with Gasteiger partial charge in [-0.2, -0.15) is 0 Å². The fourth-order valence-electron chi connectivity index (χ4n) is 2.22. The number of allylic oxidation sites excluding steroid dienone is 2. The van der Waals surface area contributed by atoms with Gasteiger partial charge in [0.15, 0.2) is 0 Å². The quantitative estimate of drug-likeness (QED) is 0.567. The van der Waals surface area contributed by atoms with Crippen LogP contribution in [0.15, 0.2) is 58.6 Å². The number of hydrogen-bond acceptors (Lipinski definition) is 3. The molecule has 23 heavy (non-hydrogen) atoms. The number of rotatable bonds is 4. The molecule has 0 atom stereocenters. The Bertz CT molecular complexity index is 721. The van der Waals surface area contributed by atoms with Gasteiger partial charge in [0.05, 0.1) is 6.54 Å². The van der Waals surface area contributed by atoms with Gasteiger partial charge >= 0.3 is 0 Å². The minimum atomic E-state index is -0.234. The summed E-state index contributed by atoms with van der Waals surface area (Å²) in [5, 5.41) is 0.621. The van der Waals surface area contributed by atoms with Crippen molar-refractivity contribution in [3.63, 3.8) is 0 Å². The van der Waals surface area contributed by atoms with Crippen LogP contribution in [0.2, 0.25) is 5.02 Å². The predicted octanol–water partition coefficient (Wildman–Crippen LogP) is 4.18. The highest BCUT2D eigenvalue weighted by atomic mass is 79.9. The van der Waals surface area contributed by atoms with E-state index in [0.717, 1.165) is 10.0 Å². The van der Waals surface area contributed by atoms with Crippen LogP contribution in [0.1, 0.15) is 19.4 Å². The molecule has 0 aromatic heterocycles. The van der Waals surface area contributed by atoms with E-state index in [4.69, 9.17) is 11.6 Å². The molecule has 0 aliphatic carbocycles. The minimum absolute atomic E-state index is 0.234. The number of carbonyl (C=O) groups is 2. The van der Waals surface area contributed by atoms with E-state index >= 15 is 0 Å². The number of carbonyl (C=O) groups excluding carboxylic acids is 2. The highest BCUT2D eigenvalue weighted by Gasteiger charge is 2.26. The summed E-state index contributed by atoms with van der Waals surface area (Å²) < 4.78 is 0.842. The van der Waals surface area contributed by atoms with Gasteiger partial charge in [0.25, 0.3) is 5.91 Å². The van der Waals surface area contributed by atoms with Crippen LogP contribution in [0.25, 0.3) is 0 Å². The van der Waals surface area contributed by atoms with Gasteiger partial charge in [-0.3, -0.25) is 9.59 Å². The Morgan fingerprint density at radius 2 is 2.04 bits per heavy atom. The minimum Gasteiger partial charge on any atom is -0.317 e. The van der Waals surface area contributed by atoms with Crippen molar-refractivity contribution in [2.75, 3.05) is 0 Å². The van der Waals surface area contributed by atoms with E-state index in [-0.39, 0.29) is 5.91 Å². The zero-order valence-electron chi connectivity index (χ0n) is 12.8. The second-order valence-corrected chi connectivity index (χ2v) is 6.82. The van der Waals surface area contributed by atoms with Gasteiger partial charge in [0.2, 0.25) is 0 Å². The maximum absolute atomic E-state index is 12.7. The zero-order valence-corrected chi connectivity index (χ0v) is 15.1. The molecule has 1 aromatic carbocycles. The number of halogens is 2. The van der Waals surface area contributed by atoms with Crippen molar-refractivity contribution in [1.82, 2.24) is 9.80 Å². The predicted molar refractivity (Wildman–Crippen MR) is 94.4 cm³/mol. The fraction of sp³-hybridized carbons (Fsp3) is 0.176. The third kappa shape index (κ3) is 4.33. The van der Waals surface area contributed by atoms with E-state index in [9.17, 15) is 9.59 Å². The molecule has 0 N–H and O–H groups in total. The Morgan fingerprint density at radius 1 is 1.30 bits per heavy atom. The van der Waals surface area contributed by atoms with Gasteiger partial charge in [-0.15, -0.1) is 0 Å². The summed E-state index contributed by atoms with van der Waals surface area (Å²) >= 11 is 9.32. The van der Waals surface area contributed by atoms with Crippen LogP contribution in [0.4, 0.5) is 0 Å². The Kier molecular flexibility index (Phi) is 5.80. The average Bonchev–Trinajstić information content (AvgIpc) is 2.49. The van der Waals surface area contributed by atoms with E-state index in [2.05, 4.69) is 15.9 Å². The average molecular weight is 396 g/mol. The summed E-state index contributed by atoms with van der Waals surface area (Å²) in [4.78, 5) is 27.1. The first-order valence-electron chi connectivity index (χ1n) is 6.94. The number of hydrogen-bond donors (Lipinski definition) is 0. The number of nitrogens with zero attached hydrogens (tertiary/aromatic N) is 2. The first-order chi connectivity index (χ1) is 10.9. The lowest BCUT2D eigenvalue weighted by atomic mass is 10.1. The van der Waals surface area contributed by atoms with E-state index < -0.39 is 0 Å². The molecule has 0 spiro atoms. The van der Waals surface area contributed by atoms with Crippen LogP contribution in [-0.2, 0) is 16.1 Å². The summed E-state index contributed by atoms with van der Waals surface area (Å²) in [5.41, 5.74) is 1.63. The summed E-state index contributed by atoms with van der Waals surface area (Å²) in [7, 11) is 0. The van der Waals surface area contributed by atoms with Crippen molar-refractivity contribution < 1.29 is 9.59 Å². The van der Waals surface area contributed by atoms with Gasteiger partial charge in [0.1, 0.15) is 12.0 Å². The van der Waals surface area contributed by atoms with Gasteiger partial charge in [-0.25, -0.2) is 0 Å². The topological polar surface area (TPSA) is 40.6 Å². The highest BCUT2D eigenvalue weighted by molar-refractivity contribution is 9.11. The maximum atomic E-state index is 12.7. The molecule has 120 valence electrons. The molecular formula is C17H16BrClN2O2. The van der Waals surface area contributed by atoms with Gasteiger partial charge in [-0.05, 0) is 31.5 Å². The Morgan fingerprint density at radius 3 is 2.65 bits per heavy atom. The molecule has 0 unspecified atom stereocenters. The van der Waals surface area contributed by atoms with Crippen LogP contribution in [0, 0.1) is 0 Å². The lowest BCUT2D eigenvalue weighted by Crippen LogP contribution is -2.36. The lowest BCUT2D eigenvalue weighted by Gasteiger charge is -2.31. The summed E-state index contributed by atoms with van der Waals surface area (Å²) in [6.45, 7) is 3.86.